The van der Waals surface area contributed by atoms with Gasteiger partial charge in [-0.3, -0.25) is 13.8 Å². The average Bonchev–Trinajstić information content (AvgIpc) is 2.84. The van der Waals surface area contributed by atoms with Gasteiger partial charge in [0.1, 0.15) is 11.8 Å². The lowest BCUT2D eigenvalue weighted by molar-refractivity contribution is -0.137. The van der Waals surface area contributed by atoms with Crippen molar-refractivity contribution < 1.29 is 39.5 Å². The highest BCUT2D eigenvalue weighted by molar-refractivity contribution is 7.92. The number of alkyl halides is 3. The van der Waals surface area contributed by atoms with Gasteiger partial charge in [-0.2, -0.15) is 13.2 Å². The van der Waals surface area contributed by atoms with E-state index < -0.39 is 48.8 Å². The van der Waals surface area contributed by atoms with Crippen LogP contribution in [0.3, 0.4) is 0 Å². The first kappa shape index (κ1) is 31.3. The molecule has 0 saturated heterocycles. The third-order valence-corrected chi connectivity index (χ3v) is 8.70. The van der Waals surface area contributed by atoms with E-state index in [0.717, 1.165) is 34.8 Å². The summed E-state index contributed by atoms with van der Waals surface area (Å²) >= 11 is 11.7. The van der Waals surface area contributed by atoms with Crippen molar-refractivity contribution >= 4 is 66.2 Å². The molecule has 1 amide bonds. The maximum Gasteiger partial charge on any atom is 0.417 e. The van der Waals surface area contributed by atoms with Crippen molar-refractivity contribution in [1.29, 1.82) is 0 Å². The molecule has 2 N–H and O–H groups in total. The second-order valence-electron chi connectivity index (χ2n) is 8.37. The second kappa shape index (κ2) is 11.7. The minimum atomic E-state index is -4.79. The number of rotatable bonds is 9. The van der Waals surface area contributed by atoms with E-state index in [9.17, 15) is 34.8 Å². The van der Waals surface area contributed by atoms with E-state index in [1.807, 2.05) is 4.72 Å². The summed E-state index contributed by atoms with van der Waals surface area (Å²) in [7, 11) is -6.88. The van der Waals surface area contributed by atoms with Crippen LogP contribution in [0, 0.1) is 0 Å². The number of carbonyl (C=O) groups is 1. The quantitative estimate of drug-likeness (QED) is 0.314. The highest BCUT2D eigenvalue weighted by Crippen LogP contribution is 2.36. The molecule has 0 bridgehead atoms. The molecule has 40 heavy (non-hydrogen) atoms. The number of ether oxygens (including phenoxy) is 1. The van der Waals surface area contributed by atoms with Crippen LogP contribution in [0.4, 0.5) is 30.2 Å². The number of nitrogens with one attached hydrogen (secondary N) is 2. The van der Waals surface area contributed by atoms with Crippen molar-refractivity contribution in [3.05, 3.63) is 76.3 Å². The van der Waals surface area contributed by atoms with Crippen molar-refractivity contribution in [2.24, 2.45) is 0 Å². The summed E-state index contributed by atoms with van der Waals surface area (Å²) in [5.74, 6) is -0.440. The van der Waals surface area contributed by atoms with Crippen LogP contribution in [0.1, 0.15) is 12.5 Å². The Kier molecular flexibility index (Phi) is 9.19. The SMILES string of the molecule is COc1ccc(N([C@H](C)C(=O)Nc2ccc(S(=O)(=O)Nc3ccc(Cl)c(C(F)(F)F)c3)cc2)S(C)(=O)=O)cc1Cl. The second-order valence-corrected chi connectivity index (χ2v) is 12.7. The molecule has 1 atom stereocenters. The molecule has 0 aliphatic carbocycles. The maximum atomic E-state index is 13.1. The number of sulfonamides is 2. The lowest BCUT2D eigenvalue weighted by atomic mass is 10.2. The minimum absolute atomic E-state index is 0.111. The fraction of sp³-hybridized carbons (Fsp3) is 0.208. The summed E-state index contributed by atoms with van der Waals surface area (Å²) in [6.45, 7) is 1.35. The number of benzene rings is 3. The minimum Gasteiger partial charge on any atom is -0.495 e. The first-order chi connectivity index (χ1) is 18.4. The van der Waals surface area contributed by atoms with Crippen LogP contribution in [0.5, 0.6) is 5.75 Å². The highest BCUT2D eigenvalue weighted by atomic mass is 35.5. The molecule has 0 radical (unpaired) electrons. The van der Waals surface area contributed by atoms with Gasteiger partial charge in [-0.15, -0.1) is 0 Å². The van der Waals surface area contributed by atoms with Gasteiger partial charge in [0.25, 0.3) is 10.0 Å². The summed E-state index contributed by atoms with van der Waals surface area (Å²) < 4.78 is 97.8. The Morgan fingerprint density at radius 1 is 0.925 bits per heavy atom. The first-order valence-corrected chi connectivity index (χ1v) is 15.2. The van der Waals surface area contributed by atoms with Crippen LogP contribution in [0.2, 0.25) is 10.0 Å². The molecule has 0 fully saturated rings. The van der Waals surface area contributed by atoms with Gasteiger partial charge in [-0.1, -0.05) is 23.2 Å². The fourth-order valence-corrected chi connectivity index (χ4v) is 6.28. The van der Waals surface area contributed by atoms with Gasteiger partial charge in [0.2, 0.25) is 15.9 Å². The van der Waals surface area contributed by atoms with Gasteiger partial charge < -0.3 is 10.1 Å². The molecule has 216 valence electrons. The molecule has 3 aromatic rings. The molecule has 0 aromatic heterocycles. The van der Waals surface area contributed by atoms with Crippen LogP contribution in [-0.4, -0.2) is 42.2 Å². The number of anilines is 3. The van der Waals surface area contributed by atoms with E-state index in [2.05, 4.69) is 5.32 Å². The van der Waals surface area contributed by atoms with Crippen molar-refractivity contribution in [3.63, 3.8) is 0 Å². The van der Waals surface area contributed by atoms with E-state index in [1.165, 1.54) is 44.4 Å². The molecule has 0 saturated carbocycles. The van der Waals surface area contributed by atoms with Crippen LogP contribution in [-0.2, 0) is 31.0 Å². The van der Waals surface area contributed by atoms with Gasteiger partial charge in [0, 0.05) is 11.4 Å². The Bertz CT molecular complexity index is 1630. The predicted molar refractivity (Wildman–Crippen MR) is 147 cm³/mol. The topological polar surface area (TPSA) is 122 Å². The Balaban J connectivity index is 1.79. The summed E-state index contributed by atoms with van der Waals surface area (Å²) in [5.41, 5.74) is -1.33. The molecule has 0 unspecified atom stereocenters. The van der Waals surface area contributed by atoms with Gasteiger partial charge in [0.15, 0.2) is 0 Å². The zero-order valence-electron chi connectivity index (χ0n) is 21.0. The first-order valence-electron chi connectivity index (χ1n) is 11.1. The fourth-order valence-electron chi connectivity index (χ4n) is 3.59. The third-order valence-electron chi connectivity index (χ3n) is 5.43. The smallest absolute Gasteiger partial charge is 0.417 e. The van der Waals surface area contributed by atoms with E-state index in [4.69, 9.17) is 27.9 Å². The molecule has 3 aromatic carbocycles. The van der Waals surface area contributed by atoms with E-state index in [1.54, 1.807) is 0 Å². The Hall–Kier alpha value is -3.20. The average molecular weight is 640 g/mol. The molecule has 0 heterocycles. The molecular formula is C24H22Cl2F3N3O6S2. The molecule has 0 aliphatic rings. The molecule has 3 rings (SSSR count). The van der Waals surface area contributed by atoms with E-state index >= 15 is 0 Å². The predicted octanol–water partition coefficient (Wildman–Crippen LogP) is 5.61. The van der Waals surface area contributed by atoms with Crippen molar-refractivity contribution in [3.8, 4) is 5.75 Å². The molecule has 16 heteroatoms. The number of carbonyl (C=O) groups excluding carboxylic acids is 1. The van der Waals surface area contributed by atoms with E-state index in [0.29, 0.717) is 11.8 Å². The van der Waals surface area contributed by atoms with E-state index in [-0.39, 0.29) is 27.0 Å². The van der Waals surface area contributed by atoms with Gasteiger partial charge in [-0.25, -0.2) is 16.8 Å². The number of amides is 1. The van der Waals surface area contributed by atoms with Gasteiger partial charge >= 0.3 is 6.18 Å². The van der Waals surface area contributed by atoms with Gasteiger partial charge in [0.05, 0.1) is 39.6 Å². The summed E-state index contributed by atoms with van der Waals surface area (Å²) in [6.07, 6.45) is -3.87. The van der Waals surface area contributed by atoms with Crippen molar-refractivity contribution in [2.45, 2.75) is 24.0 Å². The highest BCUT2D eigenvalue weighted by Gasteiger charge is 2.34. The van der Waals surface area contributed by atoms with Crippen LogP contribution in [0.25, 0.3) is 0 Å². The van der Waals surface area contributed by atoms with Gasteiger partial charge in [-0.05, 0) is 67.6 Å². The van der Waals surface area contributed by atoms with Crippen molar-refractivity contribution in [1.82, 2.24) is 0 Å². The number of methoxy groups -OCH3 is 1. The van der Waals surface area contributed by atoms with Crippen LogP contribution < -0.4 is 19.1 Å². The number of halogens is 5. The normalized spacial score (nSPS) is 12.9. The Morgan fingerprint density at radius 3 is 2.05 bits per heavy atom. The largest absolute Gasteiger partial charge is 0.495 e. The zero-order chi connectivity index (χ0) is 30.0. The third kappa shape index (κ3) is 7.30. The Labute approximate surface area is 238 Å². The van der Waals surface area contributed by atoms with Crippen molar-refractivity contribution in [2.75, 3.05) is 27.7 Å². The monoisotopic (exact) mass is 639 g/mol. The summed E-state index contributed by atoms with van der Waals surface area (Å²) in [5, 5.41) is 2.04. The zero-order valence-corrected chi connectivity index (χ0v) is 24.1. The molecule has 0 aliphatic heterocycles. The van der Waals surface area contributed by atoms with Crippen LogP contribution >= 0.6 is 23.2 Å². The number of nitrogens with zero attached hydrogens (tertiary/aromatic N) is 1. The Morgan fingerprint density at radius 2 is 1.52 bits per heavy atom. The molecule has 9 nitrogen and oxygen atoms in total. The maximum absolute atomic E-state index is 13.1. The number of hydrogen-bond acceptors (Lipinski definition) is 6. The number of hydrogen-bond donors (Lipinski definition) is 2. The summed E-state index contributed by atoms with van der Waals surface area (Å²) in [6, 6.07) is 10.2. The standard InChI is InChI=1S/C24H22Cl2F3N3O6S2/c1-14(32(39(3,34)35)17-7-11-22(38-2)21(26)13-17)23(33)30-15-4-8-18(9-5-15)40(36,37)31-16-6-10-20(25)19(12-16)24(27,28)29/h4-14,31H,1-3H3,(H,30,33)/t14-/m1/s1. The summed E-state index contributed by atoms with van der Waals surface area (Å²) in [4.78, 5) is 12.6. The molecule has 0 spiro atoms. The van der Waals surface area contributed by atoms with Crippen LogP contribution in [0.15, 0.2) is 65.6 Å². The molecular weight excluding hydrogens is 618 g/mol. The lowest BCUT2D eigenvalue weighted by Crippen LogP contribution is -2.45. The lowest BCUT2D eigenvalue weighted by Gasteiger charge is -2.28.